The first-order valence-electron chi connectivity index (χ1n) is 9.87. The topological polar surface area (TPSA) is 88.7 Å². The third-order valence-corrected chi connectivity index (χ3v) is 6.75. The maximum atomic E-state index is 11.9. The molecule has 1 unspecified atom stereocenters. The van der Waals surface area contributed by atoms with E-state index in [1.807, 2.05) is 11.8 Å². The molecule has 4 atom stereocenters. The lowest BCUT2D eigenvalue weighted by Gasteiger charge is -2.22. The van der Waals surface area contributed by atoms with E-state index in [1.54, 1.807) is 0 Å². The number of hydrogen-bond acceptors (Lipinski definition) is 5. The van der Waals surface area contributed by atoms with E-state index < -0.39 is 0 Å². The normalized spacial score (nSPS) is 30.5. The molecule has 8 heteroatoms. The van der Waals surface area contributed by atoms with Crippen molar-refractivity contribution in [1.29, 1.82) is 0 Å². The first kappa shape index (κ1) is 19.8. The van der Waals surface area contributed by atoms with E-state index in [2.05, 4.69) is 16.0 Å². The monoisotopic (exact) mass is 385 g/mol. The van der Waals surface area contributed by atoms with Crippen molar-refractivity contribution >= 4 is 23.7 Å². The van der Waals surface area contributed by atoms with Crippen LogP contribution in [0, 0.1) is 0 Å². The van der Waals surface area contributed by atoms with Gasteiger partial charge < -0.3 is 25.4 Å². The molecule has 26 heavy (non-hydrogen) atoms. The molecular formula is C18H31N3O4S. The van der Waals surface area contributed by atoms with Gasteiger partial charge in [-0.25, -0.2) is 4.79 Å². The lowest BCUT2D eigenvalue weighted by Crippen LogP contribution is -2.36. The lowest BCUT2D eigenvalue weighted by molar-refractivity contribution is -0.121. The zero-order valence-electron chi connectivity index (χ0n) is 15.3. The SMILES string of the molecule is O=C(CCCC[C@@H]1SC[C@@H]2NC(=O)N[C@@H]21)NCCCCC1COCCO1. The smallest absolute Gasteiger partial charge is 0.315 e. The molecule has 0 aromatic carbocycles. The molecule has 0 bridgehead atoms. The average molecular weight is 386 g/mol. The molecule has 3 aliphatic heterocycles. The summed E-state index contributed by atoms with van der Waals surface area (Å²) in [5.74, 6) is 1.14. The number of fused-ring (bicyclic) bond motifs is 1. The highest BCUT2D eigenvalue weighted by Gasteiger charge is 2.42. The Bertz CT molecular complexity index is 473. The third kappa shape index (κ3) is 6.03. The lowest BCUT2D eigenvalue weighted by atomic mass is 10.0. The fourth-order valence-electron chi connectivity index (χ4n) is 3.79. The second-order valence-corrected chi connectivity index (χ2v) is 8.55. The number of carbonyl (C=O) groups is 2. The minimum absolute atomic E-state index is 0.0350. The molecule has 0 aromatic heterocycles. The first-order chi connectivity index (χ1) is 12.7. The second-order valence-electron chi connectivity index (χ2n) is 7.28. The van der Waals surface area contributed by atoms with Gasteiger partial charge in [0.1, 0.15) is 0 Å². The van der Waals surface area contributed by atoms with Crippen molar-refractivity contribution in [2.45, 2.75) is 68.4 Å². The summed E-state index contributed by atoms with van der Waals surface area (Å²) in [6, 6.07) is 0.512. The number of carbonyl (C=O) groups excluding carboxylic acids is 2. The van der Waals surface area contributed by atoms with Crippen LogP contribution < -0.4 is 16.0 Å². The molecule has 3 fully saturated rings. The summed E-state index contributed by atoms with van der Waals surface area (Å²) in [6.45, 7) is 2.85. The van der Waals surface area contributed by atoms with Crippen LogP contribution in [0.4, 0.5) is 4.79 Å². The number of hydrogen-bond donors (Lipinski definition) is 3. The fourth-order valence-corrected chi connectivity index (χ4v) is 5.33. The molecule has 0 saturated carbocycles. The molecule has 3 aliphatic rings. The molecule has 0 aromatic rings. The van der Waals surface area contributed by atoms with E-state index >= 15 is 0 Å². The Morgan fingerprint density at radius 1 is 1.15 bits per heavy atom. The zero-order chi connectivity index (χ0) is 18.2. The molecule has 148 valence electrons. The summed E-state index contributed by atoms with van der Waals surface area (Å²) in [7, 11) is 0. The van der Waals surface area contributed by atoms with Crippen molar-refractivity contribution in [2.75, 3.05) is 32.1 Å². The van der Waals surface area contributed by atoms with Crippen LogP contribution in [0.25, 0.3) is 0 Å². The third-order valence-electron chi connectivity index (χ3n) is 5.24. The van der Waals surface area contributed by atoms with Crippen molar-refractivity contribution in [2.24, 2.45) is 0 Å². The predicted molar refractivity (Wildman–Crippen MR) is 101 cm³/mol. The minimum atomic E-state index is -0.0350. The Labute approximate surface area is 159 Å². The molecule has 0 radical (unpaired) electrons. The quantitative estimate of drug-likeness (QED) is 0.391. The van der Waals surface area contributed by atoms with Crippen molar-refractivity contribution in [3.8, 4) is 0 Å². The molecule has 3 amide bonds. The standard InChI is InChI=1S/C18H31N3O4S/c22-16(19-8-4-3-5-13-11-24-9-10-25-13)7-2-1-6-15-17-14(12-26-15)20-18(23)21-17/h13-15,17H,1-12H2,(H,19,22)(H2,20,21,23)/t13?,14-,15-,17-/m0/s1. The van der Waals surface area contributed by atoms with Gasteiger partial charge in [0.05, 0.1) is 38.0 Å². The first-order valence-corrected chi connectivity index (χ1v) is 10.9. The van der Waals surface area contributed by atoms with Gasteiger partial charge in [-0.15, -0.1) is 0 Å². The van der Waals surface area contributed by atoms with Gasteiger partial charge in [-0.3, -0.25) is 4.79 Å². The number of urea groups is 1. The van der Waals surface area contributed by atoms with Gasteiger partial charge in [0.25, 0.3) is 0 Å². The Kier molecular flexibility index (Phi) is 7.88. The summed E-state index contributed by atoms with van der Waals surface area (Å²) < 4.78 is 11.0. The Balaban J connectivity index is 1.16. The highest BCUT2D eigenvalue weighted by molar-refractivity contribution is 8.00. The number of ether oxygens (including phenoxy) is 2. The van der Waals surface area contributed by atoms with Crippen LogP contribution in [-0.2, 0) is 14.3 Å². The Morgan fingerprint density at radius 2 is 2.04 bits per heavy atom. The van der Waals surface area contributed by atoms with E-state index in [1.165, 1.54) is 0 Å². The van der Waals surface area contributed by atoms with Crippen molar-refractivity contribution < 1.29 is 19.1 Å². The van der Waals surface area contributed by atoms with Gasteiger partial charge in [0, 0.05) is 24.0 Å². The highest BCUT2D eigenvalue weighted by atomic mass is 32.2. The number of amides is 3. The van der Waals surface area contributed by atoms with Gasteiger partial charge in [-0.2, -0.15) is 11.8 Å². The summed E-state index contributed by atoms with van der Waals surface area (Å²) in [6.07, 6.45) is 6.86. The van der Waals surface area contributed by atoms with Crippen LogP contribution in [0.1, 0.15) is 44.9 Å². The summed E-state index contributed by atoms with van der Waals surface area (Å²) in [5, 5.41) is 9.46. The number of unbranched alkanes of at least 4 members (excludes halogenated alkanes) is 2. The molecule has 3 saturated heterocycles. The number of nitrogens with one attached hydrogen (secondary N) is 3. The van der Waals surface area contributed by atoms with Gasteiger partial charge in [-0.1, -0.05) is 6.42 Å². The Hall–Kier alpha value is -0.990. The molecule has 7 nitrogen and oxygen atoms in total. The fraction of sp³-hybridized carbons (Fsp3) is 0.889. The van der Waals surface area contributed by atoms with Crippen LogP contribution in [0.2, 0.25) is 0 Å². The second kappa shape index (κ2) is 10.4. The van der Waals surface area contributed by atoms with E-state index in [9.17, 15) is 9.59 Å². The average Bonchev–Trinajstić information content (AvgIpc) is 3.19. The molecule has 0 aliphatic carbocycles. The van der Waals surface area contributed by atoms with Gasteiger partial charge in [0.2, 0.25) is 5.91 Å². The van der Waals surface area contributed by atoms with E-state index in [0.717, 1.165) is 50.8 Å². The molecule has 3 N–H and O–H groups in total. The van der Waals surface area contributed by atoms with Crippen LogP contribution in [-0.4, -0.2) is 67.5 Å². The summed E-state index contributed by atoms with van der Waals surface area (Å²) >= 11 is 1.93. The van der Waals surface area contributed by atoms with Crippen molar-refractivity contribution in [1.82, 2.24) is 16.0 Å². The maximum absolute atomic E-state index is 11.9. The maximum Gasteiger partial charge on any atom is 0.315 e. The summed E-state index contributed by atoms with van der Waals surface area (Å²) in [5.41, 5.74) is 0. The van der Waals surface area contributed by atoms with E-state index in [4.69, 9.17) is 9.47 Å². The van der Waals surface area contributed by atoms with Gasteiger partial charge >= 0.3 is 6.03 Å². The minimum Gasteiger partial charge on any atom is -0.376 e. The van der Waals surface area contributed by atoms with Crippen molar-refractivity contribution in [3.63, 3.8) is 0 Å². The zero-order valence-corrected chi connectivity index (χ0v) is 16.2. The number of rotatable bonds is 10. The number of thioether (sulfide) groups is 1. The molecular weight excluding hydrogens is 354 g/mol. The van der Waals surface area contributed by atoms with Crippen molar-refractivity contribution in [3.05, 3.63) is 0 Å². The van der Waals surface area contributed by atoms with Crippen LogP contribution >= 0.6 is 11.8 Å². The Morgan fingerprint density at radius 3 is 2.88 bits per heavy atom. The molecule has 0 spiro atoms. The van der Waals surface area contributed by atoms with Gasteiger partial charge in [0.15, 0.2) is 0 Å². The van der Waals surface area contributed by atoms with E-state index in [-0.39, 0.29) is 30.1 Å². The summed E-state index contributed by atoms with van der Waals surface area (Å²) in [4.78, 5) is 23.3. The largest absolute Gasteiger partial charge is 0.376 e. The molecule has 3 rings (SSSR count). The van der Waals surface area contributed by atoms with E-state index in [0.29, 0.717) is 31.5 Å². The predicted octanol–water partition coefficient (Wildman–Crippen LogP) is 1.41. The highest BCUT2D eigenvalue weighted by Crippen LogP contribution is 2.33. The van der Waals surface area contributed by atoms with Crippen LogP contribution in [0.5, 0.6) is 0 Å². The van der Waals surface area contributed by atoms with Crippen LogP contribution in [0.15, 0.2) is 0 Å². The van der Waals surface area contributed by atoms with Crippen LogP contribution in [0.3, 0.4) is 0 Å². The van der Waals surface area contributed by atoms with Gasteiger partial charge in [-0.05, 0) is 32.1 Å². The molecule has 3 heterocycles.